The van der Waals surface area contributed by atoms with Gasteiger partial charge in [-0.15, -0.1) is 12.4 Å². The van der Waals surface area contributed by atoms with Gasteiger partial charge in [0.2, 0.25) is 5.91 Å². The summed E-state index contributed by atoms with van der Waals surface area (Å²) in [6.45, 7) is 3.66. The molecule has 0 radical (unpaired) electrons. The molecule has 1 atom stereocenters. The minimum absolute atomic E-state index is 0. The van der Waals surface area contributed by atoms with Crippen LogP contribution in [0.1, 0.15) is 19.3 Å². The quantitative estimate of drug-likeness (QED) is 0.907. The maximum absolute atomic E-state index is 12.4. The number of nitrogens with one attached hydrogen (secondary N) is 1. The van der Waals surface area contributed by atoms with Gasteiger partial charge in [-0.05, 0) is 43.8 Å². The highest BCUT2D eigenvalue weighted by atomic mass is 35.5. The minimum Gasteiger partial charge on any atom is -0.344 e. The van der Waals surface area contributed by atoms with Crippen LogP contribution in [0.2, 0.25) is 0 Å². The van der Waals surface area contributed by atoms with Crippen molar-refractivity contribution in [2.45, 2.75) is 25.8 Å². The number of halogens is 1. The number of rotatable bonds is 4. The number of piperidine rings is 1. The molecule has 1 aromatic heterocycles. The monoisotopic (exact) mass is 298 g/mol. The summed E-state index contributed by atoms with van der Waals surface area (Å²) in [4.78, 5) is 14.3. The van der Waals surface area contributed by atoms with Crippen LogP contribution in [0.3, 0.4) is 0 Å². The second-order valence-electron chi connectivity index (χ2n) is 5.90. The summed E-state index contributed by atoms with van der Waals surface area (Å²) in [5.74, 6) is 0.603. The van der Waals surface area contributed by atoms with Crippen molar-refractivity contribution in [2.24, 2.45) is 11.3 Å². The van der Waals surface area contributed by atoms with Gasteiger partial charge in [-0.3, -0.25) is 9.48 Å². The lowest BCUT2D eigenvalue weighted by Gasteiger charge is -2.25. The number of likely N-dealkylation sites (N-methyl/N-ethyl adjacent to an activating group) is 1. The number of aromatic nitrogens is 2. The van der Waals surface area contributed by atoms with E-state index in [1.807, 2.05) is 28.9 Å². The molecule has 2 heterocycles. The van der Waals surface area contributed by atoms with Crippen molar-refractivity contribution in [1.82, 2.24) is 20.0 Å². The van der Waals surface area contributed by atoms with Crippen molar-refractivity contribution < 1.29 is 4.79 Å². The van der Waals surface area contributed by atoms with E-state index in [9.17, 15) is 4.79 Å². The Morgan fingerprint density at radius 3 is 2.90 bits per heavy atom. The topological polar surface area (TPSA) is 50.2 Å². The fourth-order valence-corrected chi connectivity index (χ4v) is 3.24. The van der Waals surface area contributed by atoms with Gasteiger partial charge in [-0.1, -0.05) is 0 Å². The van der Waals surface area contributed by atoms with E-state index < -0.39 is 0 Å². The van der Waals surface area contributed by atoms with Crippen molar-refractivity contribution in [3.05, 3.63) is 18.5 Å². The molecule has 20 heavy (non-hydrogen) atoms. The summed E-state index contributed by atoms with van der Waals surface area (Å²) in [6, 6.07) is 1.91. The number of hydrogen-bond acceptors (Lipinski definition) is 3. The van der Waals surface area contributed by atoms with E-state index in [1.54, 1.807) is 6.20 Å². The molecule has 3 rings (SSSR count). The van der Waals surface area contributed by atoms with Gasteiger partial charge in [0.25, 0.3) is 0 Å². The summed E-state index contributed by atoms with van der Waals surface area (Å²) in [7, 11) is 1.92. The van der Waals surface area contributed by atoms with Crippen LogP contribution in [0.25, 0.3) is 0 Å². The molecule has 2 fully saturated rings. The first kappa shape index (κ1) is 15.3. The standard InChI is InChI=1S/C14H22N4O.ClH/c1-17(9-10-18-8-2-5-16-18)13(19)12-11-14(12)3-6-15-7-4-14;/h2,5,8,12,15H,3-4,6-7,9-11H2,1H3;1H. The molecule has 6 heteroatoms. The Labute approximate surface area is 126 Å². The highest BCUT2D eigenvalue weighted by Gasteiger charge is 2.58. The lowest BCUT2D eigenvalue weighted by atomic mass is 9.91. The zero-order chi connectivity index (χ0) is 13.3. The smallest absolute Gasteiger partial charge is 0.226 e. The van der Waals surface area contributed by atoms with Crippen molar-refractivity contribution in [3.8, 4) is 0 Å². The first-order chi connectivity index (χ1) is 9.21. The molecule has 1 aliphatic carbocycles. The molecule has 0 aromatic carbocycles. The van der Waals surface area contributed by atoms with Crippen molar-refractivity contribution in [3.63, 3.8) is 0 Å². The molecular formula is C14H23ClN4O. The molecule has 1 spiro atoms. The van der Waals surface area contributed by atoms with Crippen LogP contribution in [0.5, 0.6) is 0 Å². The average Bonchev–Trinajstić information content (AvgIpc) is 2.90. The van der Waals surface area contributed by atoms with Crippen LogP contribution in [-0.2, 0) is 11.3 Å². The molecule has 1 amide bonds. The summed E-state index contributed by atoms with van der Waals surface area (Å²) >= 11 is 0. The summed E-state index contributed by atoms with van der Waals surface area (Å²) in [5.41, 5.74) is 0.336. The molecule has 1 aromatic rings. The average molecular weight is 299 g/mol. The number of amides is 1. The van der Waals surface area contributed by atoms with Gasteiger partial charge in [0, 0.05) is 31.9 Å². The first-order valence-electron chi connectivity index (χ1n) is 7.14. The summed E-state index contributed by atoms with van der Waals surface area (Å²) in [6.07, 6.45) is 7.13. The molecule has 1 saturated carbocycles. The zero-order valence-electron chi connectivity index (χ0n) is 11.9. The zero-order valence-corrected chi connectivity index (χ0v) is 12.7. The van der Waals surface area contributed by atoms with Crippen molar-refractivity contribution >= 4 is 18.3 Å². The predicted molar refractivity (Wildman–Crippen MR) is 79.8 cm³/mol. The fraction of sp³-hybridized carbons (Fsp3) is 0.714. The van der Waals surface area contributed by atoms with Gasteiger partial charge in [-0.25, -0.2) is 0 Å². The lowest BCUT2D eigenvalue weighted by Crippen LogP contribution is -2.36. The normalized spacial score (nSPS) is 23.1. The molecule has 5 nitrogen and oxygen atoms in total. The van der Waals surface area contributed by atoms with Gasteiger partial charge in [0.1, 0.15) is 0 Å². The third-order valence-electron chi connectivity index (χ3n) is 4.69. The Morgan fingerprint density at radius 1 is 1.50 bits per heavy atom. The van der Waals surface area contributed by atoms with Gasteiger partial charge in [0.05, 0.1) is 6.54 Å². The minimum atomic E-state index is 0. The SMILES string of the molecule is CN(CCn1cccn1)C(=O)C1CC12CCNCC2.Cl. The summed E-state index contributed by atoms with van der Waals surface area (Å²) in [5, 5.41) is 7.54. The third kappa shape index (κ3) is 2.99. The van der Waals surface area contributed by atoms with E-state index in [2.05, 4.69) is 10.4 Å². The van der Waals surface area contributed by atoms with Crippen LogP contribution >= 0.6 is 12.4 Å². The molecule has 1 saturated heterocycles. The van der Waals surface area contributed by atoms with E-state index in [4.69, 9.17) is 0 Å². The maximum Gasteiger partial charge on any atom is 0.226 e. The van der Waals surface area contributed by atoms with Gasteiger partial charge in [-0.2, -0.15) is 5.10 Å². The Balaban J connectivity index is 0.00000147. The molecule has 2 aliphatic rings. The highest BCUT2D eigenvalue weighted by molar-refractivity contribution is 5.85. The highest BCUT2D eigenvalue weighted by Crippen LogP contribution is 2.59. The van der Waals surface area contributed by atoms with Crippen LogP contribution in [0, 0.1) is 11.3 Å². The second-order valence-corrected chi connectivity index (χ2v) is 5.90. The largest absolute Gasteiger partial charge is 0.344 e. The molecule has 1 aliphatic heterocycles. The molecule has 0 bridgehead atoms. The van der Waals surface area contributed by atoms with Crippen molar-refractivity contribution in [1.29, 1.82) is 0 Å². The van der Waals surface area contributed by atoms with Gasteiger partial charge >= 0.3 is 0 Å². The van der Waals surface area contributed by atoms with Crippen LogP contribution in [0.15, 0.2) is 18.5 Å². The molecule has 1 N–H and O–H groups in total. The van der Waals surface area contributed by atoms with E-state index >= 15 is 0 Å². The molecule has 1 unspecified atom stereocenters. The third-order valence-corrected chi connectivity index (χ3v) is 4.69. The number of hydrogen-bond donors (Lipinski definition) is 1. The van der Waals surface area contributed by atoms with E-state index in [0.717, 1.165) is 45.4 Å². The Kier molecular flexibility index (Phi) is 4.70. The molecule has 112 valence electrons. The van der Waals surface area contributed by atoms with Crippen LogP contribution < -0.4 is 5.32 Å². The number of carbonyl (C=O) groups excluding carboxylic acids is 1. The predicted octanol–water partition coefficient (Wildman–Crippen LogP) is 1.15. The van der Waals surface area contributed by atoms with E-state index in [1.165, 1.54) is 0 Å². The first-order valence-corrected chi connectivity index (χ1v) is 7.14. The summed E-state index contributed by atoms with van der Waals surface area (Å²) < 4.78 is 1.87. The Bertz CT molecular complexity index is 442. The second kappa shape index (κ2) is 6.14. The van der Waals surface area contributed by atoms with E-state index in [0.29, 0.717) is 11.3 Å². The lowest BCUT2D eigenvalue weighted by molar-refractivity contribution is -0.132. The van der Waals surface area contributed by atoms with Crippen LogP contribution in [-0.4, -0.2) is 47.3 Å². The van der Waals surface area contributed by atoms with Crippen molar-refractivity contribution in [2.75, 3.05) is 26.7 Å². The van der Waals surface area contributed by atoms with E-state index in [-0.39, 0.29) is 18.3 Å². The number of nitrogens with zero attached hydrogens (tertiary/aromatic N) is 3. The molecular weight excluding hydrogens is 276 g/mol. The maximum atomic E-state index is 12.4. The number of carbonyl (C=O) groups is 1. The van der Waals surface area contributed by atoms with Gasteiger partial charge in [0.15, 0.2) is 0 Å². The Hall–Kier alpha value is -1.07. The fourth-order valence-electron chi connectivity index (χ4n) is 3.24. The van der Waals surface area contributed by atoms with Crippen LogP contribution in [0.4, 0.5) is 0 Å². The Morgan fingerprint density at radius 2 is 2.25 bits per heavy atom. The van der Waals surface area contributed by atoms with Gasteiger partial charge < -0.3 is 10.2 Å².